The molecule has 8 nitrogen and oxygen atoms in total. The average molecular weight is 388 g/mol. The van der Waals surface area contributed by atoms with Crippen molar-refractivity contribution in [3.05, 3.63) is 39.4 Å². The maximum atomic E-state index is 12.1. The molecule has 3 atom stereocenters. The van der Waals surface area contributed by atoms with Crippen molar-refractivity contribution in [2.45, 2.75) is 39.0 Å². The Morgan fingerprint density at radius 1 is 1.29 bits per heavy atom. The van der Waals surface area contributed by atoms with Gasteiger partial charge in [-0.1, -0.05) is 13.0 Å². The van der Waals surface area contributed by atoms with Crippen molar-refractivity contribution in [2.75, 3.05) is 18.5 Å². The number of hydrogen-bond acceptors (Lipinski definition) is 6. The van der Waals surface area contributed by atoms with Crippen LogP contribution < -0.4 is 5.32 Å². The molecule has 0 unspecified atom stereocenters. The van der Waals surface area contributed by atoms with Gasteiger partial charge < -0.3 is 10.1 Å². The molecule has 0 spiro atoms. The number of fused-ring (bicyclic) bond motifs is 1. The highest BCUT2D eigenvalue weighted by atomic mass is 16.6. The fourth-order valence-electron chi connectivity index (χ4n) is 4.23. The third kappa shape index (κ3) is 4.74. The number of esters is 1. The van der Waals surface area contributed by atoms with E-state index in [0.29, 0.717) is 5.69 Å². The zero-order valence-corrected chi connectivity index (χ0v) is 15.8. The van der Waals surface area contributed by atoms with Gasteiger partial charge in [0.05, 0.1) is 6.42 Å². The van der Waals surface area contributed by atoms with Crippen LogP contribution in [0.25, 0.3) is 0 Å². The molecule has 0 bridgehead atoms. The standard InChI is InChI=1S/C20H24N2O6/c1-12-7-18(23)16(17(12)10-22(26)27)9-20(25)28-11-19(24)21-15-6-5-13-3-2-4-14(13)8-15/h5-6,8,12,16-17H,2-4,7,9-11H2,1H3,(H,21,24)/t12-,16-,17+/m0/s1. The molecule has 0 aliphatic heterocycles. The number of carbonyl (C=O) groups is 3. The van der Waals surface area contributed by atoms with Crippen molar-refractivity contribution >= 4 is 23.3 Å². The summed E-state index contributed by atoms with van der Waals surface area (Å²) in [4.78, 5) is 46.5. The number of carbonyl (C=O) groups excluding carboxylic acids is 3. The Morgan fingerprint density at radius 2 is 2.04 bits per heavy atom. The molecule has 3 rings (SSSR count). The molecule has 1 amide bonds. The quantitative estimate of drug-likeness (QED) is 0.435. The van der Waals surface area contributed by atoms with Crippen molar-refractivity contribution in [2.24, 2.45) is 17.8 Å². The molecule has 0 aromatic heterocycles. The molecular formula is C20H24N2O6. The second-order valence-electron chi connectivity index (χ2n) is 7.68. The number of hydrogen-bond donors (Lipinski definition) is 1. The van der Waals surface area contributed by atoms with Crippen molar-refractivity contribution < 1.29 is 24.0 Å². The van der Waals surface area contributed by atoms with Gasteiger partial charge in [0.1, 0.15) is 5.78 Å². The third-order valence-corrected chi connectivity index (χ3v) is 5.68. The normalized spacial score (nSPS) is 23.3. The number of aryl methyl sites for hydroxylation is 2. The van der Waals surface area contributed by atoms with Crippen LogP contribution in [0.4, 0.5) is 5.69 Å². The second-order valence-corrected chi connectivity index (χ2v) is 7.68. The Kier molecular flexibility index (Phi) is 6.06. The minimum atomic E-state index is -0.715. The lowest BCUT2D eigenvalue weighted by molar-refractivity contribution is -0.490. The summed E-state index contributed by atoms with van der Waals surface area (Å²) in [5.74, 6) is -2.63. The molecule has 2 aliphatic carbocycles. The second kappa shape index (κ2) is 8.50. The predicted octanol–water partition coefficient (Wildman–Crippen LogP) is 2.17. The fourth-order valence-corrected chi connectivity index (χ4v) is 4.23. The first-order valence-corrected chi connectivity index (χ1v) is 9.55. The van der Waals surface area contributed by atoms with E-state index in [1.807, 2.05) is 18.2 Å². The number of ether oxygens (including phenoxy) is 1. The van der Waals surface area contributed by atoms with Crippen molar-refractivity contribution in [1.82, 2.24) is 0 Å². The summed E-state index contributed by atoms with van der Waals surface area (Å²) in [6.07, 6.45) is 3.16. The molecule has 8 heteroatoms. The Hall–Kier alpha value is -2.77. The molecule has 0 saturated heterocycles. The Labute approximate surface area is 162 Å². The lowest BCUT2D eigenvalue weighted by Gasteiger charge is -2.17. The summed E-state index contributed by atoms with van der Waals surface area (Å²) < 4.78 is 4.99. The fraction of sp³-hybridized carbons (Fsp3) is 0.550. The Morgan fingerprint density at radius 3 is 2.79 bits per heavy atom. The summed E-state index contributed by atoms with van der Waals surface area (Å²) >= 11 is 0. The van der Waals surface area contributed by atoms with E-state index in [4.69, 9.17) is 4.74 Å². The van der Waals surface area contributed by atoms with E-state index in [-0.39, 0.29) is 31.1 Å². The predicted molar refractivity (Wildman–Crippen MR) is 100 cm³/mol. The molecule has 0 radical (unpaired) electrons. The van der Waals surface area contributed by atoms with Crippen LogP contribution in [0.3, 0.4) is 0 Å². The number of benzene rings is 1. The van der Waals surface area contributed by atoms with Gasteiger partial charge in [-0.25, -0.2) is 0 Å². The molecule has 1 fully saturated rings. The largest absolute Gasteiger partial charge is 0.456 e. The summed E-state index contributed by atoms with van der Waals surface area (Å²) in [5.41, 5.74) is 3.18. The minimum Gasteiger partial charge on any atom is -0.456 e. The van der Waals surface area contributed by atoms with Crippen LogP contribution in [-0.4, -0.2) is 35.7 Å². The number of rotatable bonds is 7. The summed E-state index contributed by atoms with van der Waals surface area (Å²) in [7, 11) is 0. The van der Waals surface area contributed by atoms with E-state index < -0.39 is 35.2 Å². The molecule has 1 N–H and O–H groups in total. The number of Topliss-reactive ketones (excluding diaryl/α,β-unsaturated/α-hetero) is 1. The maximum Gasteiger partial charge on any atom is 0.307 e. The van der Waals surface area contributed by atoms with Crippen LogP contribution >= 0.6 is 0 Å². The van der Waals surface area contributed by atoms with Crippen LogP contribution in [-0.2, 0) is 32.0 Å². The molecule has 150 valence electrons. The number of nitrogens with zero attached hydrogens (tertiary/aromatic N) is 1. The molecule has 0 heterocycles. The van der Waals surface area contributed by atoms with Crippen LogP contribution in [0.1, 0.15) is 37.3 Å². The first kappa shape index (κ1) is 20.0. The number of amides is 1. The van der Waals surface area contributed by atoms with Gasteiger partial charge in [0.2, 0.25) is 6.54 Å². The lowest BCUT2D eigenvalue weighted by atomic mass is 9.88. The van der Waals surface area contributed by atoms with Gasteiger partial charge in [-0.2, -0.15) is 0 Å². The van der Waals surface area contributed by atoms with Crippen molar-refractivity contribution in [3.8, 4) is 0 Å². The van der Waals surface area contributed by atoms with E-state index in [1.165, 1.54) is 11.1 Å². The number of nitrogens with one attached hydrogen (secondary N) is 1. The zero-order valence-electron chi connectivity index (χ0n) is 15.8. The van der Waals surface area contributed by atoms with Gasteiger partial charge in [0.25, 0.3) is 5.91 Å². The van der Waals surface area contributed by atoms with Gasteiger partial charge >= 0.3 is 5.97 Å². The van der Waals surface area contributed by atoms with Crippen LogP contribution in [0.2, 0.25) is 0 Å². The summed E-state index contributed by atoms with van der Waals surface area (Å²) in [6.45, 7) is 0.984. The average Bonchev–Trinajstić information content (AvgIpc) is 3.19. The molecule has 28 heavy (non-hydrogen) atoms. The van der Waals surface area contributed by atoms with E-state index in [2.05, 4.69) is 5.32 Å². The highest BCUT2D eigenvalue weighted by Gasteiger charge is 2.44. The van der Waals surface area contributed by atoms with Crippen molar-refractivity contribution in [3.63, 3.8) is 0 Å². The number of ketones is 1. The third-order valence-electron chi connectivity index (χ3n) is 5.68. The zero-order chi connectivity index (χ0) is 20.3. The van der Waals surface area contributed by atoms with E-state index in [9.17, 15) is 24.5 Å². The monoisotopic (exact) mass is 388 g/mol. The van der Waals surface area contributed by atoms with E-state index in [0.717, 1.165) is 19.3 Å². The van der Waals surface area contributed by atoms with Gasteiger partial charge in [-0.05, 0) is 48.4 Å². The molecule has 1 aromatic carbocycles. The SMILES string of the molecule is C[C@H]1CC(=O)[C@@H](CC(=O)OCC(=O)Nc2ccc3c(c2)CCC3)[C@@H]1C[N+](=O)[O-]. The molecule has 1 aromatic rings. The molecular weight excluding hydrogens is 364 g/mol. The van der Waals surface area contributed by atoms with Gasteiger partial charge in [0.15, 0.2) is 6.61 Å². The van der Waals surface area contributed by atoms with E-state index in [1.54, 1.807) is 6.92 Å². The Balaban J connectivity index is 1.48. The topological polar surface area (TPSA) is 116 Å². The van der Waals surface area contributed by atoms with Crippen LogP contribution in [0.5, 0.6) is 0 Å². The van der Waals surface area contributed by atoms with Gasteiger partial charge in [0, 0.05) is 28.9 Å². The maximum absolute atomic E-state index is 12.1. The van der Waals surface area contributed by atoms with Crippen molar-refractivity contribution in [1.29, 1.82) is 0 Å². The highest BCUT2D eigenvalue weighted by molar-refractivity contribution is 5.93. The first-order valence-electron chi connectivity index (χ1n) is 9.55. The summed E-state index contributed by atoms with van der Waals surface area (Å²) in [5, 5.41) is 13.5. The molecule has 2 aliphatic rings. The highest BCUT2D eigenvalue weighted by Crippen LogP contribution is 2.36. The number of nitro groups is 1. The van der Waals surface area contributed by atoms with Crippen LogP contribution in [0.15, 0.2) is 18.2 Å². The Bertz CT molecular complexity index is 806. The van der Waals surface area contributed by atoms with Gasteiger partial charge in [-0.3, -0.25) is 24.5 Å². The first-order chi connectivity index (χ1) is 13.3. The molecule has 1 saturated carbocycles. The smallest absolute Gasteiger partial charge is 0.307 e. The number of anilines is 1. The summed E-state index contributed by atoms with van der Waals surface area (Å²) in [6, 6.07) is 5.75. The van der Waals surface area contributed by atoms with Gasteiger partial charge in [-0.15, -0.1) is 0 Å². The lowest BCUT2D eigenvalue weighted by Crippen LogP contribution is -2.28. The van der Waals surface area contributed by atoms with E-state index >= 15 is 0 Å². The minimum absolute atomic E-state index is 0.140. The van der Waals surface area contributed by atoms with Crippen LogP contribution in [0, 0.1) is 27.9 Å².